The van der Waals surface area contributed by atoms with Gasteiger partial charge in [-0.25, -0.2) is 0 Å². The van der Waals surface area contributed by atoms with Crippen LogP contribution in [0.3, 0.4) is 0 Å². The first-order chi connectivity index (χ1) is 9.51. The number of halogens is 1. The lowest BCUT2D eigenvalue weighted by atomic mass is 10.1. The first-order valence-electron chi connectivity index (χ1n) is 6.32. The van der Waals surface area contributed by atoms with Gasteiger partial charge in [-0.3, -0.25) is 14.9 Å². The highest BCUT2D eigenvalue weighted by atomic mass is 35.5. The normalized spacial score (nSPS) is 10.3. The molecule has 20 heavy (non-hydrogen) atoms. The molecule has 0 saturated heterocycles. The molecule has 0 fully saturated rings. The molecular weight excluding hydrogens is 284 g/mol. The maximum absolute atomic E-state index is 12.3. The van der Waals surface area contributed by atoms with Crippen LogP contribution in [0.1, 0.15) is 24.2 Å². The van der Waals surface area contributed by atoms with E-state index in [2.05, 4.69) is 0 Å². The van der Waals surface area contributed by atoms with Crippen molar-refractivity contribution in [3.8, 4) is 0 Å². The summed E-state index contributed by atoms with van der Waals surface area (Å²) in [5.41, 5.74) is 0.125. The number of non-ortho nitro benzene ring substituents is 1. The minimum absolute atomic E-state index is 0.0825. The van der Waals surface area contributed by atoms with Gasteiger partial charge in [0.1, 0.15) is 0 Å². The van der Waals surface area contributed by atoms with E-state index in [1.807, 2.05) is 13.8 Å². The van der Waals surface area contributed by atoms with Crippen LogP contribution < -0.4 is 0 Å². The molecule has 0 aliphatic heterocycles. The topological polar surface area (TPSA) is 72.7 Å². The van der Waals surface area contributed by atoms with Crippen molar-refractivity contribution in [1.82, 2.24) is 4.90 Å². The van der Waals surface area contributed by atoms with Crippen LogP contribution in [0.2, 0.25) is 5.02 Å². The van der Waals surface area contributed by atoms with E-state index in [4.69, 9.17) is 16.3 Å². The van der Waals surface area contributed by atoms with E-state index in [-0.39, 0.29) is 22.2 Å². The Morgan fingerprint density at radius 2 is 2.15 bits per heavy atom. The number of rotatable bonds is 7. The number of benzene rings is 1. The minimum Gasteiger partial charge on any atom is -0.380 e. The first kappa shape index (κ1) is 16.4. The number of hydrogen-bond donors (Lipinski definition) is 0. The second-order valence-electron chi connectivity index (χ2n) is 4.00. The van der Waals surface area contributed by atoms with E-state index in [9.17, 15) is 14.9 Å². The van der Waals surface area contributed by atoms with Crippen molar-refractivity contribution < 1.29 is 14.5 Å². The largest absolute Gasteiger partial charge is 0.380 e. The predicted octanol–water partition coefficient (Wildman–Crippen LogP) is 2.75. The molecule has 1 aromatic carbocycles. The maximum Gasteiger partial charge on any atom is 0.270 e. The standard InChI is InChI=1S/C13H17ClN2O4/c1-3-15(7-8-20-4-2)13(17)11-6-5-10(16(18)19)9-12(11)14/h5-6,9H,3-4,7-8H2,1-2H3. The molecule has 0 bridgehead atoms. The van der Waals surface area contributed by atoms with Gasteiger partial charge in [0, 0.05) is 31.8 Å². The molecule has 110 valence electrons. The summed E-state index contributed by atoms with van der Waals surface area (Å²) in [5.74, 6) is -0.257. The van der Waals surface area contributed by atoms with Crippen LogP contribution in [-0.2, 0) is 4.74 Å². The molecule has 0 atom stereocenters. The lowest BCUT2D eigenvalue weighted by molar-refractivity contribution is -0.384. The molecule has 6 nitrogen and oxygen atoms in total. The highest BCUT2D eigenvalue weighted by molar-refractivity contribution is 6.34. The molecule has 0 unspecified atom stereocenters. The Morgan fingerprint density at radius 3 is 2.65 bits per heavy atom. The SMILES string of the molecule is CCOCCN(CC)C(=O)c1ccc([N+](=O)[O-])cc1Cl. The van der Waals surface area contributed by atoms with Crippen LogP contribution in [-0.4, -0.2) is 42.0 Å². The number of ether oxygens (including phenoxy) is 1. The fourth-order valence-corrected chi connectivity index (χ4v) is 1.94. The average Bonchev–Trinajstić information content (AvgIpc) is 2.43. The molecule has 0 saturated carbocycles. The number of carbonyl (C=O) groups is 1. The van der Waals surface area contributed by atoms with Gasteiger partial charge in [-0.2, -0.15) is 0 Å². The molecular formula is C13H17ClN2O4. The Kier molecular flexibility index (Phi) is 6.41. The second kappa shape index (κ2) is 7.81. The van der Waals surface area contributed by atoms with Crippen molar-refractivity contribution in [2.45, 2.75) is 13.8 Å². The summed E-state index contributed by atoms with van der Waals surface area (Å²) in [6, 6.07) is 3.84. The van der Waals surface area contributed by atoms with E-state index < -0.39 is 4.92 Å². The molecule has 1 amide bonds. The lowest BCUT2D eigenvalue weighted by Crippen LogP contribution is -2.34. The molecule has 0 aliphatic carbocycles. The summed E-state index contributed by atoms with van der Waals surface area (Å²) in [7, 11) is 0. The van der Waals surface area contributed by atoms with Gasteiger partial charge in [-0.05, 0) is 19.9 Å². The van der Waals surface area contributed by atoms with Gasteiger partial charge in [0.05, 0.1) is 22.1 Å². The zero-order chi connectivity index (χ0) is 15.1. The van der Waals surface area contributed by atoms with Gasteiger partial charge in [0.25, 0.3) is 11.6 Å². The lowest BCUT2D eigenvalue weighted by Gasteiger charge is -2.21. The molecule has 0 heterocycles. The van der Waals surface area contributed by atoms with Crippen LogP contribution in [0.25, 0.3) is 0 Å². The molecule has 0 aliphatic rings. The van der Waals surface area contributed by atoms with Crippen molar-refractivity contribution >= 4 is 23.2 Å². The van der Waals surface area contributed by atoms with Crippen molar-refractivity contribution in [3.05, 3.63) is 38.9 Å². The van der Waals surface area contributed by atoms with Gasteiger partial charge in [0.2, 0.25) is 0 Å². The molecule has 0 radical (unpaired) electrons. The van der Waals surface area contributed by atoms with E-state index >= 15 is 0 Å². The number of likely N-dealkylation sites (N-methyl/N-ethyl adjacent to an activating group) is 1. The summed E-state index contributed by atoms with van der Waals surface area (Å²) in [6.45, 7) is 5.73. The van der Waals surface area contributed by atoms with Crippen LogP contribution in [0.15, 0.2) is 18.2 Å². The third kappa shape index (κ3) is 4.18. The van der Waals surface area contributed by atoms with Gasteiger partial charge < -0.3 is 9.64 Å². The molecule has 7 heteroatoms. The molecule has 1 rings (SSSR count). The molecule has 1 aromatic rings. The summed E-state index contributed by atoms with van der Waals surface area (Å²) in [6.07, 6.45) is 0. The monoisotopic (exact) mass is 300 g/mol. The van der Waals surface area contributed by atoms with Gasteiger partial charge in [-0.15, -0.1) is 0 Å². The van der Waals surface area contributed by atoms with Crippen molar-refractivity contribution in [3.63, 3.8) is 0 Å². The number of hydrogen-bond acceptors (Lipinski definition) is 4. The van der Waals surface area contributed by atoms with Gasteiger partial charge in [-0.1, -0.05) is 11.6 Å². The fourth-order valence-electron chi connectivity index (χ4n) is 1.68. The average molecular weight is 301 g/mol. The van der Waals surface area contributed by atoms with Crippen LogP contribution in [0, 0.1) is 10.1 Å². The number of amides is 1. The zero-order valence-corrected chi connectivity index (χ0v) is 12.2. The number of nitrogens with zero attached hydrogens (tertiary/aromatic N) is 2. The smallest absolute Gasteiger partial charge is 0.270 e. The van der Waals surface area contributed by atoms with Crippen LogP contribution in [0.5, 0.6) is 0 Å². The highest BCUT2D eigenvalue weighted by Crippen LogP contribution is 2.23. The predicted molar refractivity (Wildman–Crippen MR) is 76.2 cm³/mol. The second-order valence-corrected chi connectivity index (χ2v) is 4.41. The quantitative estimate of drug-likeness (QED) is 0.441. The van der Waals surface area contributed by atoms with Crippen LogP contribution in [0.4, 0.5) is 5.69 Å². The Bertz CT molecular complexity index is 493. The Balaban J connectivity index is 2.86. The fraction of sp³-hybridized carbons (Fsp3) is 0.462. The van der Waals surface area contributed by atoms with Crippen LogP contribution >= 0.6 is 11.6 Å². The Labute approximate surface area is 122 Å². The number of nitro benzene ring substituents is 1. The number of nitro groups is 1. The number of carbonyl (C=O) groups excluding carboxylic acids is 1. The Morgan fingerprint density at radius 1 is 1.45 bits per heavy atom. The minimum atomic E-state index is -0.549. The zero-order valence-electron chi connectivity index (χ0n) is 11.5. The van der Waals surface area contributed by atoms with E-state index in [0.717, 1.165) is 0 Å². The third-order valence-electron chi connectivity index (χ3n) is 2.77. The molecule has 0 N–H and O–H groups in total. The summed E-state index contributed by atoms with van der Waals surface area (Å²) in [5, 5.41) is 10.7. The van der Waals surface area contributed by atoms with E-state index in [0.29, 0.717) is 26.3 Å². The summed E-state index contributed by atoms with van der Waals surface area (Å²) in [4.78, 5) is 24.0. The van der Waals surface area contributed by atoms with Crippen molar-refractivity contribution in [2.24, 2.45) is 0 Å². The highest BCUT2D eigenvalue weighted by Gasteiger charge is 2.19. The van der Waals surface area contributed by atoms with E-state index in [1.165, 1.54) is 18.2 Å². The molecule has 0 aromatic heterocycles. The van der Waals surface area contributed by atoms with E-state index in [1.54, 1.807) is 4.90 Å². The molecule has 0 spiro atoms. The van der Waals surface area contributed by atoms with Crippen molar-refractivity contribution in [2.75, 3.05) is 26.3 Å². The summed E-state index contributed by atoms with van der Waals surface area (Å²) >= 11 is 5.95. The van der Waals surface area contributed by atoms with Crippen molar-refractivity contribution in [1.29, 1.82) is 0 Å². The summed E-state index contributed by atoms with van der Waals surface area (Å²) < 4.78 is 5.22. The Hall–Kier alpha value is -1.66. The first-order valence-corrected chi connectivity index (χ1v) is 6.70. The third-order valence-corrected chi connectivity index (χ3v) is 3.09. The van der Waals surface area contributed by atoms with Gasteiger partial charge >= 0.3 is 0 Å². The van der Waals surface area contributed by atoms with Gasteiger partial charge in [0.15, 0.2) is 0 Å². The maximum atomic E-state index is 12.3.